The van der Waals surface area contributed by atoms with Crippen LogP contribution in [-0.4, -0.2) is 20.7 Å². The molecule has 0 saturated carbocycles. The van der Waals surface area contributed by atoms with E-state index in [4.69, 9.17) is 9.15 Å². The first kappa shape index (κ1) is 17.4. The van der Waals surface area contributed by atoms with Gasteiger partial charge in [0.05, 0.1) is 10.6 Å². The van der Waals surface area contributed by atoms with Crippen LogP contribution in [0.5, 0.6) is 0 Å². The number of carbonyl (C=O) groups excluding carboxylic acids is 1. The molecule has 0 aliphatic heterocycles. The fourth-order valence-corrected chi connectivity index (χ4v) is 3.34. The standard InChI is InChI=1S/C18H21N3O3S/c1-11-14(12(2)21(4)20-11)7-8-17(22)23-10-15-13(3)24-18(19-15)16-6-5-9-25-16/h5-6,9H,7-8,10H2,1-4H3. The number of aryl methyl sites for hydroxylation is 3. The molecule has 0 bridgehead atoms. The molecule has 3 rings (SSSR count). The Kier molecular flexibility index (Phi) is 5.03. The molecular formula is C18H21N3O3S. The lowest BCUT2D eigenvalue weighted by atomic mass is 10.1. The van der Waals surface area contributed by atoms with Gasteiger partial charge in [-0.1, -0.05) is 6.07 Å². The fraction of sp³-hybridized carbons (Fsp3) is 0.389. The van der Waals surface area contributed by atoms with Crippen molar-refractivity contribution in [3.63, 3.8) is 0 Å². The van der Waals surface area contributed by atoms with Crippen LogP contribution < -0.4 is 0 Å². The Morgan fingerprint density at radius 2 is 2.16 bits per heavy atom. The molecule has 3 heterocycles. The third-order valence-electron chi connectivity index (χ3n) is 4.23. The molecule has 0 unspecified atom stereocenters. The molecule has 3 aromatic heterocycles. The number of hydrogen-bond donors (Lipinski definition) is 0. The maximum Gasteiger partial charge on any atom is 0.306 e. The van der Waals surface area contributed by atoms with E-state index in [2.05, 4.69) is 10.1 Å². The van der Waals surface area contributed by atoms with Crippen molar-refractivity contribution in [2.24, 2.45) is 7.05 Å². The zero-order chi connectivity index (χ0) is 18.0. The third kappa shape index (κ3) is 3.82. The van der Waals surface area contributed by atoms with Crippen LogP contribution in [-0.2, 0) is 29.6 Å². The summed E-state index contributed by atoms with van der Waals surface area (Å²) in [4.78, 5) is 17.4. The number of aromatic nitrogens is 3. The molecule has 0 aromatic carbocycles. The molecule has 132 valence electrons. The highest BCUT2D eigenvalue weighted by molar-refractivity contribution is 7.13. The minimum atomic E-state index is -0.247. The van der Waals surface area contributed by atoms with Crippen molar-refractivity contribution >= 4 is 17.3 Å². The molecule has 0 fully saturated rings. The summed E-state index contributed by atoms with van der Waals surface area (Å²) in [7, 11) is 1.91. The molecule has 0 saturated heterocycles. The molecule has 0 aliphatic rings. The van der Waals surface area contributed by atoms with Gasteiger partial charge in [-0.2, -0.15) is 5.10 Å². The summed E-state index contributed by atoms with van der Waals surface area (Å²) >= 11 is 1.56. The van der Waals surface area contributed by atoms with Crippen molar-refractivity contribution in [1.29, 1.82) is 0 Å². The van der Waals surface area contributed by atoms with Gasteiger partial charge in [-0.3, -0.25) is 9.48 Å². The van der Waals surface area contributed by atoms with Crippen molar-refractivity contribution in [1.82, 2.24) is 14.8 Å². The molecule has 7 heteroatoms. The van der Waals surface area contributed by atoms with Crippen molar-refractivity contribution < 1.29 is 13.9 Å². The van der Waals surface area contributed by atoms with Crippen LogP contribution in [0.15, 0.2) is 21.9 Å². The first-order chi connectivity index (χ1) is 12.0. The van der Waals surface area contributed by atoms with E-state index < -0.39 is 0 Å². The summed E-state index contributed by atoms with van der Waals surface area (Å²) in [6, 6.07) is 3.89. The van der Waals surface area contributed by atoms with E-state index >= 15 is 0 Å². The fourth-order valence-electron chi connectivity index (χ4n) is 2.69. The van der Waals surface area contributed by atoms with Gasteiger partial charge in [0, 0.05) is 19.2 Å². The maximum atomic E-state index is 12.1. The van der Waals surface area contributed by atoms with Crippen LogP contribution in [0.25, 0.3) is 10.8 Å². The molecule has 0 radical (unpaired) electrons. The predicted molar refractivity (Wildman–Crippen MR) is 95.4 cm³/mol. The van der Waals surface area contributed by atoms with E-state index in [1.54, 1.807) is 11.3 Å². The van der Waals surface area contributed by atoms with Crippen molar-refractivity contribution in [3.8, 4) is 10.8 Å². The summed E-state index contributed by atoms with van der Waals surface area (Å²) in [6.07, 6.45) is 0.949. The van der Waals surface area contributed by atoms with Gasteiger partial charge in [-0.15, -0.1) is 11.3 Å². The van der Waals surface area contributed by atoms with Crippen LogP contribution >= 0.6 is 11.3 Å². The van der Waals surface area contributed by atoms with Crippen molar-refractivity contribution in [2.45, 2.75) is 40.2 Å². The van der Waals surface area contributed by atoms with Gasteiger partial charge in [0.1, 0.15) is 18.1 Å². The van der Waals surface area contributed by atoms with Crippen LogP contribution in [0.3, 0.4) is 0 Å². The first-order valence-corrected chi connectivity index (χ1v) is 8.98. The summed E-state index contributed by atoms with van der Waals surface area (Å²) in [5, 5.41) is 6.33. The maximum absolute atomic E-state index is 12.1. The highest BCUT2D eigenvalue weighted by Crippen LogP contribution is 2.26. The topological polar surface area (TPSA) is 70.2 Å². The number of hydrogen-bond acceptors (Lipinski definition) is 6. The highest BCUT2D eigenvalue weighted by Gasteiger charge is 2.15. The van der Waals surface area contributed by atoms with Gasteiger partial charge in [0.25, 0.3) is 0 Å². The Morgan fingerprint density at radius 1 is 1.36 bits per heavy atom. The van der Waals surface area contributed by atoms with Crippen molar-refractivity contribution in [3.05, 3.63) is 45.9 Å². The van der Waals surface area contributed by atoms with Crippen LogP contribution in [0.4, 0.5) is 0 Å². The second-order valence-corrected chi connectivity index (χ2v) is 6.88. The number of carbonyl (C=O) groups is 1. The summed E-state index contributed by atoms with van der Waals surface area (Å²) in [5.74, 6) is 0.998. The summed E-state index contributed by atoms with van der Waals surface area (Å²) < 4.78 is 12.8. The Labute approximate surface area is 150 Å². The van der Waals surface area contributed by atoms with Crippen molar-refractivity contribution in [2.75, 3.05) is 0 Å². The molecule has 0 atom stereocenters. The van der Waals surface area contributed by atoms with Crippen LogP contribution in [0.1, 0.15) is 34.8 Å². The number of esters is 1. The lowest BCUT2D eigenvalue weighted by Crippen LogP contribution is -2.07. The average molecular weight is 359 g/mol. The van der Waals surface area contributed by atoms with Gasteiger partial charge in [0.2, 0.25) is 5.89 Å². The van der Waals surface area contributed by atoms with E-state index in [1.165, 1.54) is 0 Å². The average Bonchev–Trinajstić information content (AvgIpc) is 3.26. The number of rotatable bonds is 6. The Balaban J connectivity index is 1.56. The Morgan fingerprint density at radius 3 is 2.80 bits per heavy atom. The normalized spacial score (nSPS) is 11.0. The summed E-state index contributed by atoms with van der Waals surface area (Å²) in [6.45, 7) is 5.92. The number of oxazole rings is 1. The minimum Gasteiger partial charge on any atom is -0.459 e. The smallest absolute Gasteiger partial charge is 0.306 e. The number of thiophene rings is 1. The molecule has 0 aliphatic carbocycles. The number of ether oxygens (including phenoxy) is 1. The molecule has 0 amide bonds. The van der Waals surface area contributed by atoms with Crippen LogP contribution in [0.2, 0.25) is 0 Å². The number of nitrogens with zero attached hydrogens (tertiary/aromatic N) is 3. The molecule has 6 nitrogen and oxygen atoms in total. The van der Waals surface area contributed by atoms with Gasteiger partial charge < -0.3 is 9.15 Å². The lowest BCUT2D eigenvalue weighted by Gasteiger charge is -2.04. The second kappa shape index (κ2) is 7.23. The van der Waals surface area contributed by atoms with E-state index in [9.17, 15) is 4.79 Å². The van der Waals surface area contributed by atoms with Gasteiger partial charge >= 0.3 is 5.97 Å². The lowest BCUT2D eigenvalue weighted by molar-refractivity contribution is -0.145. The molecular weight excluding hydrogens is 338 g/mol. The summed E-state index contributed by atoms with van der Waals surface area (Å²) in [5.41, 5.74) is 3.81. The van der Waals surface area contributed by atoms with Gasteiger partial charge in [0.15, 0.2) is 0 Å². The van der Waals surface area contributed by atoms with E-state index in [0.717, 1.165) is 21.8 Å². The third-order valence-corrected chi connectivity index (χ3v) is 5.09. The molecule has 0 N–H and O–H groups in total. The molecule has 3 aromatic rings. The molecule has 25 heavy (non-hydrogen) atoms. The van der Waals surface area contributed by atoms with Gasteiger partial charge in [-0.25, -0.2) is 4.98 Å². The second-order valence-electron chi connectivity index (χ2n) is 5.93. The quantitative estimate of drug-likeness (QED) is 0.627. The Bertz CT molecular complexity index is 878. The predicted octanol–water partition coefficient (Wildman–Crippen LogP) is 3.74. The monoisotopic (exact) mass is 359 g/mol. The van der Waals surface area contributed by atoms with Gasteiger partial charge in [-0.05, 0) is 44.2 Å². The zero-order valence-corrected chi connectivity index (χ0v) is 15.6. The van der Waals surface area contributed by atoms with E-state index in [1.807, 2.05) is 50.0 Å². The largest absolute Gasteiger partial charge is 0.459 e. The Hall–Kier alpha value is -2.41. The van der Waals surface area contributed by atoms with E-state index in [-0.39, 0.29) is 12.6 Å². The van der Waals surface area contributed by atoms with E-state index in [0.29, 0.717) is 30.2 Å². The first-order valence-electron chi connectivity index (χ1n) is 8.10. The molecule has 0 spiro atoms. The zero-order valence-electron chi connectivity index (χ0n) is 14.8. The minimum absolute atomic E-state index is 0.130. The van der Waals surface area contributed by atoms with Crippen LogP contribution in [0, 0.1) is 20.8 Å². The highest BCUT2D eigenvalue weighted by atomic mass is 32.1. The SMILES string of the molecule is Cc1nn(C)c(C)c1CCC(=O)OCc1nc(-c2cccs2)oc1C.